The maximum atomic E-state index is 12.3. The van der Waals surface area contributed by atoms with Gasteiger partial charge in [-0.2, -0.15) is 0 Å². The van der Waals surface area contributed by atoms with Gasteiger partial charge in [-0.3, -0.25) is 9.59 Å². The number of esters is 4. The number of nitrogens with one attached hydrogen (secondary N) is 1. The van der Waals surface area contributed by atoms with E-state index in [1.165, 1.54) is 21.3 Å². The van der Waals surface area contributed by atoms with Gasteiger partial charge in [0.05, 0.1) is 21.3 Å². The van der Waals surface area contributed by atoms with Crippen LogP contribution in [0.15, 0.2) is 48.5 Å². The number of hydrogen-bond acceptors (Lipinski definition) is 11. The van der Waals surface area contributed by atoms with Gasteiger partial charge in [0.15, 0.2) is 19.8 Å². The van der Waals surface area contributed by atoms with Crippen molar-refractivity contribution in [3.8, 4) is 11.5 Å². The lowest BCUT2D eigenvalue weighted by Crippen LogP contribution is -2.44. The van der Waals surface area contributed by atoms with E-state index < -0.39 is 42.4 Å². The Morgan fingerprint density at radius 1 is 0.667 bits per heavy atom. The van der Waals surface area contributed by atoms with Crippen LogP contribution in [0.2, 0.25) is 0 Å². The summed E-state index contributed by atoms with van der Waals surface area (Å²) in [6.45, 7) is -1.01. The van der Waals surface area contributed by atoms with Crippen LogP contribution in [0, 0.1) is 0 Å². The lowest BCUT2D eigenvalue weighted by Gasteiger charge is -2.17. The highest BCUT2D eigenvalue weighted by molar-refractivity contribution is 5.86. The van der Waals surface area contributed by atoms with Crippen molar-refractivity contribution in [1.82, 2.24) is 5.32 Å². The van der Waals surface area contributed by atoms with Crippen molar-refractivity contribution in [2.24, 2.45) is 0 Å². The van der Waals surface area contributed by atoms with Gasteiger partial charge in [-0.05, 0) is 41.8 Å². The first-order valence-electron chi connectivity index (χ1n) is 11.8. The molecule has 12 nitrogen and oxygen atoms in total. The third-order valence-corrected chi connectivity index (χ3v) is 5.26. The Morgan fingerprint density at radius 3 is 1.67 bits per heavy atom. The van der Waals surface area contributed by atoms with Gasteiger partial charge >= 0.3 is 23.9 Å². The van der Waals surface area contributed by atoms with Crippen LogP contribution in [0.1, 0.15) is 17.5 Å². The summed E-state index contributed by atoms with van der Waals surface area (Å²) < 4.78 is 29.3. The van der Waals surface area contributed by atoms with Gasteiger partial charge < -0.3 is 33.7 Å². The van der Waals surface area contributed by atoms with Gasteiger partial charge in [-0.25, -0.2) is 14.4 Å². The zero-order valence-electron chi connectivity index (χ0n) is 21.9. The first-order valence-corrected chi connectivity index (χ1v) is 11.8. The fourth-order valence-corrected chi connectivity index (χ4v) is 3.15. The number of aryl methyl sites for hydroxylation is 1. The number of hydrogen-bond donors (Lipinski definition) is 1. The second kappa shape index (κ2) is 16.3. The molecule has 1 N–H and O–H groups in total. The molecular formula is C27H31NO11. The van der Waals surface area contributed by atoms with E-state index in [0.29, 0.717) is 23.5 Å². The topological polar surface area (TPSA) is 153 Å². The molecule has 0 saturated heterocycles. The summed E-state index contributed by atoms with van der Waals surface area (Å²) in [5, 5.41) is 2.51. The Labute approximate surface area is 225 Å². The van der Waals surface area contributed by atoms with Crippen LogP contribution in [0.5, 0.6) is 11.5 Å². The van der Waals surface area contributed by atoms with E-state index in [1.54, 1.807) is 48.5 Å². The van der Waals surface area contributed by atoms with E-state index in [4.69, 9.17) is 18.9 Å². The molecule has 0 aliphatic rings. The van der Waals surface area contributed by atoms with Gasteiger partial charge in [0.1, 0.15) is 17.5 Å². The molecule has 210 valence electrons. The maximum absolute atomic E-state index is 12.3. The molecule has 0 aliphatic carbocycles. The number of amides is 1. The van der Waals surface area contributed by atoms with Crippen LogP contribution in [-0.2, 0) is 55.8 Å². The molecule has 2 rings (SSSR count). The molecule has 39 heavy (non-hydrogen) atoms. The summed E-state index contributed by atoms with van der Waals surface area (Å²) in [6, 6.07) is 12.4. The van der Waals surface area contributed by atoms with Crippen LogP contribution < -0.4 is 14.8 Å². The summed E-state index contributed by atoms with van der Waals surface area (Å²) in [5.41, 5.74) is 1.52. The molecule has 0 aromatic heterocycles. The smallest absolute Gasteiger partial charge is 0.343 e. The standard InChI is InChI=1S/C27H31NO11/c1-34-25(31)16-37-20-9-4-18(5-10-20)8-13-24(30)39-15-23(29)28-22(27(33)36-3)14-19-6-11-21(12-7-19)38-17-26(32)35-2/h4-7,9-12,22H,8,13-17H2,1-3H3,(H,28,29)/t22-/m0/s1. The normalized spacial score (nSPS) is 10.9. The van der Waals surface area contributed by atoms with Gasteiger partial charge in [-0.1, -0.05) is 24.3 Å². The Morgan fingerprint density at radius 2 is 1.18 bits per heavy atom. The lowest BCUT2D eigenvalue weighted by molar-refractivity contribution is -0.150. The molecule has 0 fully saturated rings. The Balaban J connectivity index is 1.78. The van der Waals surface area contributed by atoms with Crippen molar-refractivity contribution in [2.45, 2.75) is 25.3 Å². The monoisotopic (exact) mass is 545 g/mol. The third-order valence-electron chi connectivity index (χ3n) is 5.26. The van der Waals surface area contributed by atoms with Crippen molar-refractivity contribution in [3.05, 3.63) is 59.7 Å². The number of benzene rings is 2. The molecule has 1 atom stereocenters. The fourth-order valence-electron chi connectivity index (χ4n) is 3.15. The van der Waals surface area contributed by atoms with Crippen molar-refractivity contribution in [1.29, 1.82) is 0 Å². The van der Waals surface area contributed by atoms with Crippen molar-refractivity contribution in [2.75, 3.05) is 41.2 Å². The Hall–Kier alpha value is -4.61. The van der Waals surface area contributed by atoms with Gasteiger partial charge in [-0.15, -0.1) is 0 Å². The average molecular weight is 546 g/mol. The van der Waals surface area contributed by atoms with Crippen LogP contribution in [0.3, 0.4) is 0 Å². The van der Waals surface area contributed by atoms with Crippen LogP contribution in [0.25, 0.3) is 0 Å². The van der Waals surface area contributed by atoms with Gasteiger partial charge in [0.2, 0.25) is 0 Å². The molecule has 0 bridgehead atoms. The molecule has 0 saturated carbocycles. The van der Waals surface area contributed by atoms with Crippen molar-refractivity contribution >= 4 is 29.8 Å². The largest absolute Gasteiger partial charge is 0.482 e. The summed E-state index contributed by atoms with van der Waals surface area (Å²) in [6.07, 6.45) is 0.505. The number of rotatable bonds is 15. The highest BCUT2D eigenvalue weighted by Crippen LogP contribution is 2.15. The molecule has 12 heteroatoms. The maximum Gasteiger partial charge on any atom is 0.343 e. The number of carbonyl (C=O) groups is 5. The minimum absolute atomic E-state index is 0.0282. The predicted octanol–water partition coefficient (Wildman–Crippen LogP) is 1.17. The SMILES string of the molecule is COC(=O)COc1ccc(CCC(=O)OCC(=O)N[C@@H](Cc2ccc(OCC(=O)OC)cc2)C(=O)OC)cc1. The molecule has 0 heterocycles. The molecule has 0 unspecified atom stereocenters. The highest BCUT2D eigenvalue weighted by Gasteiger charge is 2.22. The lowest BCUT2D eigenvalue weighted by atomic mass is 10.1. The fraction of sp³-hybridized carbons (Fsp3) is 0.370. The van der Waals surface area contributed by atoms with Gasteiger partial charge in [0.25, 0.3) is 5.91 Å². The molecule has 2 aromatic carbocycles. The summed E-state index contributed by atoms with van der Waals surface area (Å²) in [7, 11) is 3.72. The molecule has 0 radical (unpaired) electrons. The molecule has 2 aromatic rings. The minimum atomic E-state index is -1.01. The van der Waals surface area contributed by atoms with Gasteiger partial charge in [0, 0.05) is 12.8 Å². The van der Waals surface area contributed by atoms with E-state index in [0.717, 1.165) is 5.56 Å². The Bertz CT molecular complexity index is 1110. The van der Waals surface area contributed by atoms with E-state index in [-0.39, 0.29) is 26.1 Å². The summed E-state index contributed by atoms with van der Waals surface area (Å²) in [5.74, 6) is -2.03. The summed E-state index contributed by atoms with van der Waals surface area (Å²) in [4.78, 5) is 58.9. The second-order valence-corrected chi connectivity index (χ2v) is 8.03. The molecule has 0 spiro atoms. The van der Waals surface area contributed by atoms with Crippen molar-refractivity contribution < 1.29 is 52.4 Å². The number of methoxy groups -OCH3 is 3. The van der Waals surface area contributed by atoms with E-state index in [1.807, 2.05) is 0 Å². The number of carbonyl (C=O) groups excluding carboxylic acids is 5. The van der Waals surface area contributed by atoms with E-state index in [2.05, 4.69) is 14.8 Å². The zero-order chi connectivity index (χ0) is 28.6. The van der Waals surface area contributed by atoms with E-state index >= 15 is 0 Å². The first kappa shape index (κ1) is 30.6. The first-order chi connectivity index (χ1) is 18.7. The van der Waals surface area contributed by atoms with Crippen molar-refractivity contribution in [3.63, 3.8) is 0 Å². The molecular weight excluding hydrogens is 514 g/mol. The molecule has 1 amide bonds. The second-order valence-electron chi connectivity index (χ2n) is 8.03. The average Bonchev–Trinajstić information content (AvgIpc) is 2.96. The predicted molar refractivity (Wildman–Crippen MR) is 135 cm³/mol. The van der Waals surface area contributed by atoms with Crippen LogP contribution >= 0.6 is 0 Å². The Kier molecular flexibility index (Phi) is 12.8. The zero-order valence-corrected chi connectivity index (χ0v) is 21.9. The third kappa shape index (κ3) is 11.5. The van der Waals surface area contributed by atoms with E-state index in [9.17, 15) is 24.0 Å². The highest BCUT2D eigenvalue weighted by atomic mass is 16.6. The van der Waals surface area contributed by atoms with Crippen LogP contribution in [-0.4, -0.2) is 77.0 Å². The van der Waals surface area contributed by atoms with Crippen LogP contribution in [0.4, 0.5) is 0 Å². The molecule has 0 aliphatic heterocycles. The quantitative estimate of drug-likeness (QED) is 0.253. The number of ether oxygens (including phenoxy) is 6. The minimum Gasteiger partial charge on any atom is -0.482 e. The summed E-state index contributed by atoms with van der Waals surface area (Å²) >= 11 is 0.